The Labute approximate surface area is 117 Å². The van der Waals surface area contributed by atoms with E-state index < -0.39 is 6.10 Å². The van der Waals surface area contributed by atoms with Crippen LogP contribution in [-0.2, 0) is 4.79 Å². The SMILES string of the molecule is O=C1CC(O)CN1c1cc(-c2cccc(Br)c2)no1. The van der Waals surface area contributed by atoms with Crippen molar-refractivity contribution in [2.45, 2.75) is 12.5 Å². The molecule has 1 atom stereocenters. The van der Waals surface area contributed by atoms with Gasteiger partial charge in [-0.25, -0.2) is 0 Å². The molecule has 1 aliphatic heterocycles. The minimum Gasteiger partial charge on any atom is -0.391 e. The Bertz CT molecular complexity index is 626. The fourth-order valence-corrected chi connectivity index (χ4v) is 2.48. The third-order valence-electron chi connectivity index (χ3n) is 2.99. The molecule has 19 heavy (non-hydrogen) atoms. The molecule has 2 aromatic rings. The molecular formula is C13H11BrN2O3. The standard InChI is InChI=1S/C13H11BrN2O3/c14-9-3-1-2-8(4-9)11-6-13(19-15-11)16-7-10(17)5-12(16)18/h1-4,6,10,17H,5,7H2. The van der Waals surface area contributed by atoms with Crippen molar-refractivity contribution in [2.75, 3.05) is 11.4 Å². The Morgan fingerprint density at radius 2 is 2.26 bits per heavy atom. The summed E-state index contributed by atoms with van der Waals surface area (Å²) in [5.74, 6) is 0.223. The second kappa shape index (κ2) is 4.79. The van der Waals surface area contributed by atoms with Crippen LogP contribution in [-0.4, -0.2) is 28.8 Å². The van der Waals surface area contributed by atoms with E-state index in [1.54, 1.807) is 6.07 Å². The lowest BCUT2D eigenvalue weighted by Crippen LogP contribution is -2.24. The first-order chi connectivity index (χ1) is 9.13. The maximum atomic E-state index is 11.7. The van der Waals surface area contributed by atoms with Crippen molar-refractivity contribution in [3.8, 4) is 11.3 Å². The van der Waals surface area contributed by atoms with E-state index in [4.69, 9.17) is 4.52 Å². The minimum absolute atomic E-state index is 0.132. The highest BCUT2D eigenvalue weighted by atomic mass is 79.9. The number of carbonyl (C=O) groups excluding carboxylic acids is 1. The van der Waals surface area contributed by atoms with E-state index in [2.05, 4.69) is 21.1 Å². The molecule has 1 aliphatic rings. The molecule has 0 saturated carbocycles. The molecule has 1 aromatic carbocycles. The number of halogens is 1. The van der Waals surface area contributed by atoms with E-state index in [-0.39, 0.29) is 18.9 Å². The molecule has 98 valence electrons. The first-order valence-electron chi connectivity index (χ1n) is 5.84. The summed E-state index contributed by atoms with van der Waals surface area (Å²) in [4.78, 5) is 13.1. The summed E-state index contributed by atoms with van der Waals surface area (Å²) in [7, 11) is 0. The largest absolute Gasteiger partial charge is 0.391 e. The van der Waals surface area contributed by atoms with Gasteiger partial charge >= 0.3 is 0 Å². The van der Waals surface area contributed by atoms with Gasteiger partial charge in [0.05, 0.1) is 19.1 Å². The maximum absolute atomic E-state index is 11.7. The van der Waals surface area contributed by atoms with E-state index in [0.29, 0.717) is 11.6 Å². The highest BCUT2D eigenvalue weighted by Crippen LogP contribution is 2.28. The Morgan fingerprint density at radius 3 is 2.95 bits per heavy atom. The first kappa shape index (κ1) is 12.4. The fraction of sp³-hybridized carbons (Fsp3) is 0.231. The second-order valence-electron chi connectivity index (χ2n) is 4.42. The molecule has 6 heteroatoms. The molecular weight excluding hydrogens is 312 g/mol. The molecule has 0 bridgehead atoms. The van der Waals surface area contributed by atoms with Crippen molar-refractivity contribution >= 4 is 27.7 Å². The van der Waals surface area contributed by atoms with Gasteiger partial charge in [-0.1, -0.05) is 33.2 Å². The Hall–Kier alpha value is -1.66. The van der Waals surface area contributed by atoms with Crippen LogP contribution in [0.3, 0.4) is 0 Å². The summed E-state index contributed by atoms with van der Waals surface area (Å²) >= 11 is 3.39. The topological polar surface area (TPSA) is 66.6 Å². The Balaban J connectivity index is 1.90. The van der Waals surface area contributed by atoms with Crippen LogP contribution in [0.4, 0.5) is 5.88 Å². The van der Waals surface area contributed by atoms with Crippen molar-refractivity contribution < 1.29 is 14.4 Å². The third kappa shape index (κ3) is 2.41. The predicted octanol–water partition coefficient (Wildman–Crippen LogP) is 2.20. The first-order valence-corrected chi connectivity index (χ1v) is 6.64. The van der Waals surface area contributed by atoms with Gasteiger partial charge in [-0.2, -0.15) is 0 Å². The molecule has 1 saturated heterocycles. The summed E-state index contributed by atoms with van der Waals surface area (Å²) in [6, 6.07) is 9.36. The van der Waals surface area contributed by atoms with Gasteiger partial charge in [-0.05, 0) is 12.1 Å². The number of aliphatic hydroxyl groups is 1. The van der Waals surface area contributed by atoms with Gasteiger partial charge in [0.25, 0.3) is 0 Å². The number of aliphatic hydroxyl groups excluding tert-OH is 1. The zero-order chi connectivity index (χ0) is 13.4. The summed E-state index contributed by atoms with van der Waals surface area (Å²) in [5.41, 5.74) is 1.56. The number of hydrogen-bond donors (Lipinski definition) is 1. The zero-order valence-corrected chi connectivity index (χ0v) is 11.5. The predicted molar refractivity (Wildman–Crippen MR) is 72.6 cm³/mol. The molecule has 1 amide bonds. The average molecular weight is 323 g/mol. The number of amides is 1. The number of anilines is 1. The van der Waals surface area contributed by atoms with E-state index in [1.807, 2.05) is 24.3 Å². The molecule has 3 rings (SSSR count). The number of hydrogen-bond acceptors (Lipinski definition) is 4. The monoisotopic (exact) mass is 322 g/mol. The Morgan fingerprint density at radius 1 is 1.42 bits per heavy atom. The quantitative estimate of drug-likeness (QED) is 0.920. The molecule has 1 unspecified atom stereocenters. The van der Waals surface area contributed by atoms with Gasteiger partial charge < -0.3 is 9.63 Å². The van der Waals surface area contributed by atoms with Crippen LogP contribution in [0.5, 0.6) is 0 Å². The van der Waals surface area contributed by atoms with Crippen molar-refractivity contribution in [1.82, 2.24) is 5.16 Å². The van der Waals surface area contributed by atoms with Crippen molar-refractivity contribution in [1.29, 1.82) is 0 Å². The van der Waals surface area contributed by atoms with Crippen LogP contribution in [0, 0.1) is 0 Å². The number of aromatic nitrogens is 1. The summed E-state index contributed by atoms with van der Waals surface area (Å²) in [5, 5.41) is 13.4. The number of nitrogens with zero attached hydrogens (tertiary/aromatic N) is 2. The van der Waals surface area contributed by atoms with Crippen LogP contribution < -0.4 is 4.90 Å². The summed E-state index contributed by atoms with van der Waals surface area (Å²) in [6.07, 6.45) is -0.501. The second-order valence-corrected chi connectivity index (χ2v) is 5.34. The molecule has 1 fully saturated rings. The Kier molecular flexibility index (Phi) is 3.12. The van der Waals surface area contributed by atoms with E-state index >= 15 is 0 Å². The molecule has 2 heterocycles. The number of carbonyl (C=O) groups is 1. The van der Waals surface area contributed by atoms with Gasteiger partial charge in [0.1, 0.15) is 5.69 Å². The maximum Gasteiger partial charge on any atom is 0.234 e. The van der Waals surface area contributed by atoms with Gasteiger partial charge in [0, 0.05) is 16.1 Å². The fourth-order valence-electron chi connectivity index (χ4n) is 2.08. The highest BCUT2D eigenvalue weighted by Gasteiger charge is 2.31. The lowest BCUT2D eigenvalue weighted by Gasteiger charge is -2.09. The molecule has 1 aromatic heterocycles. The van der Waals surface area contributed by atoms with Crippen LogP contribution in [0.25, 0.3) is 11.3 Å². The normalized spacial score (nSPS) is 19.2. The van der Waals surface area contributed by atoms with Gasteiger partial charge in [0.15, 0.2) is 0 Å². The van der Waals surface area contributed by atoms with Crippen molar-refractivity contribution in [3.05, 3.63) is 34.8 Å². The molecule has 1 N–H and O–H groups in total. The van der Waals surface area contributed by atoms with E-state index in [0.717, 1.165) is 10.0 Å². The van der Waals surface area contributed by atoms with Gasteiger partial charge in [-0.3, -0.25) is 9.69 Å². The number of rotatable bonds is 2. The minimum atomic E-state index is -0.632. The smallest absolute Gasteiger partial charge is 0.234 e. The number of β-amino-alcohol motifs (C(OH)–C–C–N with tert-alkyl or cyclic N) is 1. The highest BCUT2D eigenvalue weighted by molar-refractivity contribution is 9.10. The zero-order valence-electron chi connectivity index (χ0n) is 9.91. The average Bonchev–Trinajstić information content (AvgIpc) is 2.96. The van der Waals surface area contributed by atoms with Gasteiger partial charge in [-0.15, -0.1) is 0 Å². The third-order valence-corrected chi connectivity index (χ3v) is 3.48. The lowest BCUT2D eigenvalue weighted by molar-refractivity contribution is -0.117. The lowest BCUT2D eigenvalue weighted by atomic mass is 10.1. The van der Waals surface area contributed by atoms with Crippen molar-refractivity contribution in [3.63, 3.8) is 0 Å². The molecule has 5 nitrogen and oxygen atoms in total. The van der Waals surface area contributed by atoms with Crippen LogP contribution in [0.15, 0.2) is 39.3 Å². The van der Waals surface area contributed by atoms with Crippen LogP contribution in [0.1, 0.15) is 6.42 Å². The van der Waals surface area contributed by atoms with Gasteiger partial charge in [0.2, 0.25) is 11.8 Å². The van der Waals surface area contributed by atoms with Crippen molar-refractivity contribution in [2.24, 2.45) is 0 Å². The number of benzene rings is 1. The van der Waals surface area contributed by atoms with Crippen LogP contribution in [0.2, 0.25) is 0 Å². The molecule has 0 spiro atoms. The summed E-state index contributed by atoms with van der Waals surface area (Å²) in [6.45, 7) is 0.256. The molecule has 0 aliphatic carbocycles. The molecule has 0 radical (unpaired) electrons. The van der Waals surface area contributed by atoms with E-state index in [1.165, 1.54) is 4.90 Å². The summed E-state index contributed by atoms with van der Waals surface area (Å²) < 4.78 is 6.14. The van der Waals surface area contributed by atoms with E-state index in [9.17, 15) is 9.90 Å². The van der Waals surface area contributed by atoms with Crippen LogP contribution >= 0.6 is 15.9 Å².